The fourth-order valence-electron chi connectivity index (χ4n) is 1.94. The Labute approximate surface area is 85.1 Å². The number of carbonyl (C=O) groups excluding carboxylic acids is 1. The molecular formula is C11H18O3. The van der Waals surface area contributed by atoms with E-state index in [1.54, 1.807) is 7.11 Å². The Morgan fingerprint density at radius 2 is 1.79 bits per heavy atom. The van der Waals surface area contributed by atoms with Crippen molar-refractivity contribution in [3.8, 4) is 0 Å². The van der Waals surface area contributed by atoms with Crippen molar-refractivity contribution in [1.29, 1.82) is 0 Å². The summed E-state index contributed by atoms with van der Waals surface area (Å²) in [4.78, 5) is 11.2. The fourth-order valence-corrected chi connectivity index (χ4v) is 1.94. The fraction of sp³-hybridized carbons (Fsp3) is 0.727. The van der Waals surface area contributed by atoms with Gasteiger partial charge in [-0.05, 0) is 31.6 Å². The average molecular weight is 198 g/mol. The molecule has 0 saturated heterocycles. The number of hydrogen-bond donors (Lipinski definition) is 0. The van der Waals surface area contributed by atoms with E-state index in [1.165, 1.54) is 7.11 Å². The van der Waals surface area contributed by atoms with Crippen molar-refractivity contribution in [2.75, 3.05) is 14.2 Å². The maximum absolute atomic E-state index is 11.2. The van der Waals surface area contributed by atoms with Crippen molar-refractivity contribution < 1.29 is 14.3 Å². The lowest BCUT2D eigenvalue weighted by Gasteiger charge is -2.27. The molecule has 0 radical (unpaired) electrons. The Bertz CT molecular complexity index is 215. The van der Waals surface area contributed by atoms with Crippen molar-refractivity contribution in [1.82, 2.24) is 0 Å². The number of ether oxygens (including phenoxy) is 2. The highest BCUT2D eigenvalue weighted by atomic mass is 16.5. The molecule has 0 amide bonds. The van der Waals surface area contributed by atoms with Crippen LogP contribution in [0.25, 0.3) is 0 Å². The number of esters is 1. The SMILES string of the molecule is C=C(C(=O)OC)C1CCC(OC)CC1. The lowest BCUT2D eigenvalue weighted by atomic mass is 9.83. The van der Waals surface area contributed by atoms with Gasteiger partial charge in [-0.3, -0.25) is 0 Å². The zero-order valence-electron chi connectivity index (χ0n) is 8.91. The van der Waals surface area contributed by atoms with Gasteiger partial charge in [0.1, 0.15) is 0 Å². The predicted octanol–water partition coefficient (Wildman–Crippen LogP) is 1.92. The molecule has 14 heavy (non-hydrogen) atoms. The molecule has 0 bridgehead atoms. The molecule has 3 heteroatoms. The highest BCUT2D eigenvalue weighted by molar-refractivity contribution is 5.88. The highest BCUT2D eigenvalue weighted by Gasteiger charge is 2.26. The summed E-state index contributed by atoms with van der Waals surface area (Å²) in [6, 6.07) is 0. The van der Waals surface area contributed by atoms with Gasteiger partial charge in [-0.2, -0.15) is 0 Å². The first kappa shape index (κ1) is 11.2. The van der Waals surface area contributed by atoms with Gasteiger partial charge in [0.05, 0.1) is 13.2 Å². The van der Waals surface area contributed by atoms with Gasteiger partial charge >= 0.3 is 5.97 Å². The molecule has 1 fully saturated rings. The van der Waals surface area contributed by atoms with E-state index in [1.807, 2.05) is 0 Å². The predicted molar refractivity (Wildman–Crippen MR) is 53.9 cm³/mol. The van der Waals surface area contributed by atoms with Gasteiger partial charge in [-0.25, -0.2) is 4.79 Å². The van der Waals surface area contributed by atoms with Crippen LogP contribution in [0.1, 0.15) is 25.7 Å². The standard InChI is InChI=1S/C11H18O3/c1-8(11(12)14-3)9-4-6-10(13-2)7-5-9/h9-10H,1,4-7H2,2-3H3. The van der Waals surface area contributed by atoms with E-state index in [0.717, 1.165) is 25.7 Å². The molecule has 1 saturated carbocycles. The molecular weight excluding hydrogens is 180 g/mol. The summed E-state index contributed by atoms with van der Waals surface area (Å²) < 4.78 is 9.91. The van der Waals surface area contributed by atoms with Crippen molar-refractivity contribution in [2.24, 2.45) is 5.92 Å². The van der Waals surface area contributed by atoms with Crippen LogP contribution < -0.4 is 0 Å². The Hall–Kier alpha value is -0.830. The van der Waals surface area contributed by atoms with Crippen molar-refractivity contribution in [2.45, 2.75) is 31.8 Å². The average Bonchev–Trinajstić information content (AvgIpc) is 2.27. The number of hydrogen-bond acceptors (Lipinski definition) is 3. The van der Waals surface area contributed by atoms with Crippen molar-refractivity contribution >= 4 is 5.97 Å². The molecule has 0 spiro atoms. The molecule has 0 unspecified atom stereocenters. The first-order chi connectivity index (χ1) is 6.69. The second-order valence-electron chi connectivity index (χ2n) is 3.73. The van der Waals surface area contributed by atoms with E-state index in [4.69, 9.17) is 4.74 Å². The summed E-state index contributed by atoms with van der Waals surface area (Å²) in [5.74, 6) is 0.0136. The molecule has 0 aromatic rings. The van der Waals surface area contributed by atoms with E-state index < -0.39 is 0 Å². The maximum atomic E-state index is 11.2. The molecule has 0 N–H and O–H groups in total. The van der Waals surface area contributed by atoms with Crippen LogP contribution in [0.15, 0.2) is 12.2 Å². The molecule has 0 heterocycles. The summed E-state index contributed by atoms with van der Waals surface area (Å²) in [5, 5.41) is 0. The van der Waals surface area contributed by atoms with Crippen LogP contribution in [0, 0.1) is 5.92 Å². The van der Waals surface area contributed by atoms with E-state index in [2.05, 4.69) is 11.3 Å². The van der Waals surface area contributed by atoms with Gasteiger partial charge in [0.25, 0.3) is 0 Å². The van der Waals surface area contributed by atoms with Crippen LogP contribution in [-0.2, 0) is 14.3 Å². The minimum absolute atomic E-state index is 0.272. The molecule has 1 rings (SSSR count). The smallest absolute Gasteiger partial charge is 0.333 e. The van der Waals surface area contributed by atoms with Crippen molar-refractivity contribution in [3.05, 3.63) is 12.2 Å². The highest BCUT2D eigenvalue weighted by Crippen LogP contribution is 2.30. The number of methoxy groups -OCH3 is 2. The quantitative estimate of drug-likeness (QED) is 0.513. The molecule has 3 nitrogen and oxygen atoms in total. The largest absolute Gasteiger partial charge is 0.466 e. The van der Waals surface area contributed by atoms with E-state index >= 15 is 0 Å². The molecule has 1 aliphatic carbocycles. The normalized spacial score (nSPS) is 27.0. The van der Waals surface area contributed by atoms with Gasteiger partial charge in [-0.1, -0.05) is 6.58 Å². The van der Waals surface area contributed by atoms with Crippen LogP contribution in [0.2, 0.25) is 0 Å². The third-order valence-corrected chi connectivity index (χ3v) is 2.95. The summed E-state index contributed by atoms with van der Waals surface area (Å²) in [7, 11) is 3.13. The van der Waals surface area contributed by atoms with Gasteiger partial charge in [0.15, 0.2) is 0 Å². The minimum atomic E-state index is -0.272. The van der Waals surface area contributed by atoms with Gasteiger partial charge in [0.2, 0.25) is 0 Å². The third-order valence-electron chi connectivity index (χ3n) is 2.95. The van der Waals surface area contributed by atoms with Gasteiger partial charge in [-0.15, -0.1) is 0 Å². The zero-order chi connectivity index (χ0) is 10.6. The van der Waals surface area contributed by atoms with E-state index in [0.29, 0.717) is 11.7 Å². The van der Waals surface area contributed by atoms with Crippen LogP contribution in [0.5, 0.6) is 0 Å². The molecule has 80 valence electrons. The van der Waals surface area contributed by atoms with Crippen molar-refractivity contribution in [3.63, 3.8) is 0 Å². The molecule has 1 aliphatic rings. The van der Waals surface area contributed by atoms with Crippen LogP contribution in [0.3, 0.4) is 0 Å². The molecule has 0 atom stereocenters. The lowest BCUT2D eigenvalue weighted by Crippen LogP contribution is -2.24. The topological polar surface area (TPSA) is 35.5 Å². The second-order valence-corrected chi connectivity index (χ2v) is 3.73. The Morgan fingerprint density at radius 3 is 2.21 bits per heavy atom. The first-order valence-corrected chi connectivity index (χ1v) is 4.99. The van der Waals surface area contributed by atoms with E-state index in [9.17, 15) is 4.79 Å². The number of rotatable bonds is 3. The van der Waals surface area contributed by atoms with Crippen LogP contribution in [0.4, 0.5) is 0 Å². The van der Waals surface area contributed by atoms with Gasteiger partial charge in [0, 0.05) is 12.7 Å². The summed E-state index contributed by atoms with van der Waals surface area (Å²) in [6.07, 6.45) is 4.34. The molecule has 0 aromatic heterocycles. The lowest BCUT2D eigenvalue weighted by molar-refractivity contribution is -0.136. The Kier molecular flexibility index (Phi) is 4.14. The molecule has 0 aliphatic heterocycles. The van der Waals surface area contributed by atoms with Crippen LogP contribution in [-0.4, -0.2) is 26.3 Å². The second kappa shape index (κ2) is 5.15. The minimum Gasteiger partial charge on any atom is -0.466 e. The monoisotopic (exact) mass is 198 g/mol. The summed E-state index contributed by atoms with van der Waals surface area (Å²) in [5.41, 5.74) is 0.613. The first-order valence-electron chi connectivity index (χ1n) is 4.99. The maximum Gasteiger partial charge on any atom is 0.333 e. The Balaban J connectivity index is 2.41. The molecule has 0 aromatic carbocycles. The van der Waals surface area contributed by atoms with Crippen LogP contribution >= 0.6 is 0 Å². The Morgan fingerprint density at radius 1 is 1.21 bits per heavy atom. The zero-order valence-corrected chi connectivity index (χ0v) is 8.91. The summed E-state index contributed by atoms with van der Waals surface area (Å²) >= 11 is 0. The number of carbonyl (C=O) groups is 1. The summed E-state index contributed by atoms with van der Waals surface area (Å²) in [6.45, 7) is 3.78. The third kappa shape index (κ3) is 2.58. The van der Waals surface area contributed by atoms with Gasteiger partial charge < -0.3 is 9.47 Å². The van der Waals surface area contributed by atoms with E-state index in [-0.39, 0.29) is 11.9 Å².